The van der Waals surface area contributed by atoms with E-state index >= 15 is 0 Å². The van der Waals surface area contributed by atoms with Gasteiger partial charge in [-0.3, -0.25) is 14.5 Å². The van der Waals surface area contributed by atoms with Crippen LogP contribution in [-0.2, 0) is 21.5 Å². The molecule has 1 aliphatic heterocycles. The van der Waals surface area contributed by atoms with Crippen molar-refractivity contribution in [2.75, 3.05) is 11.4 Å². The molecule has 1 unspecified atom stereocenters. The van der Waals surface area contributed by atoms with Crippen LogP contribution in [0.1, 0.15) is 52.5 Å². The van der Waals surface area contributed by atoms with Crippen LogP contribution in [0.15, 0.2) is 36.5 Å². The van der Waals surface area contributed by atoms with Gasteiger partial charge >= 0.3 is 0 Å². The van der Waals surface area contributed by atoms with Gasteiger partial charge in [-0.15, -0.1) is 3.96 Å². The highest BCUT2D eigenvalue weighted by molar-refractivity contribution is 7.07. The first-order valence-corrected chi connectivity index (χ1v) is 10.8. The van der Waals surface area contributed by atoms with Crippen LogP contribution in [0, 0.1) is 5.92 Å². The zero-order valence-electron chi connectivity index (χ0n) is 17.2. The Morgan fingerprint density at radius 3 is 2.57 bits per heavy atom. The largest absolute Gasteiger partial charge is 0.355 e. The van der Waals surface area contributed by atoms with Gasteiger partial charge in [-0.25, -0.2) is 0 Å². The third-order valence-electron chi connectivity index (χ3n) is 4.96. The molecular formula is C22H30N3O2S+. The SMILES string of the molecule is CCCCc1c[n+](C(C)(C)C)sc1N(C(=O)C1CNC(=O)C1)c1ccccc1. The van der Waals surface area contributed by atoms with Crippen molar-refractivity contribution in [1.29, 1.82) is 0 Å². The highest BCUT2D eigenvalue weighted by Crippen LogP contribution is 2.35. The lowest BCUT2D eigenvalue weighted by Gasteiger charge is -2.23. The summed E-state index contributed by atoms with van der Waals surface area (Å²) in [5.41, 5.74) is 1.99. The molecule has 3 rings (SSSR count). The van der Waals surface area contributed by atoms with Crippen molar-refractivity contribution < 1.29 is 13.5 Å². The van der Waals surface area contributed by atoms with Crippen molar-refractivity contribution in [3.63, 3.8) is 0 Å². The zero-order valence-corrected chi connectivity index (χ0v) is 18.0. The summed E-state index contributed by atoms with van der Waals surface area (Å²) in [6.45, 7) is 9.11. The Balaban J connectivity index is 2.08. The third kappa shape index (κ3) is 4.43. The number of hydrogen-bond acceptors (Lipinski definition) is 3. The molecule has 1 N–H and O–H groups in total. The lowest BCUT2D eigenvalue weighted by atomic mass is 10.1. The molecule has 150 valence electrons. The maximum absolute atomic E-state index is 13.5. The molecular weight excluding hydrogens is 370 g/mol. The van der Waals surface area contributed by atoms with Crippen molar-refractivity contribution in [2.45, 2.75) is 58.9 Å². The fourth-order valence-electron chi connectivity index (χ4n) is 3.31. The van der Waals surface area contributed by atoms with E-state index in [-0.39, 0.29) is 29.7 Å². The van der Waals surface area contributed by atoms with Gasteiger partial charge in [-0.1, -0.05) is 31.5 Å². The number of unbranched alkanes of at least 4 members (excludes halogenated alkanes) is 1. The topological polar surface area (TPSA) is 53.3 Å². The fourth-order valence-corrected chi connectivity index (χ4v) is 4.50. The number of carbonyl (C=O) groups excluding carboxylic acids is 2. The molecule has 2 aromatic rings. The van der Waals surface area contributed by atoms with Gasteiger partial charge in [0, 0.05) is 39.4 Å². The predicted octanol–water partition coefficient (Wildman–Crippen LogP) is 3.93. The van der Waals surface area contributed by atoms with Gasteiger partial charge in [-0.2, -0.15) is 0 Å². The highest BCUT2D eigenvalue weighted by atomic mass is 32.1. The first kappa shape index (κ1) is 20.5. The summed E-state index contributed by atoms with van der Waals surface area (Å²) >= 11 is 1.62. The molecule has 1 saturated heterocycles. The minimum Gasteiger partial charge on any atom is -0.355 e. The zero-order chi connectivity index (χ0) is 20.3. The fraction of sp³-hybridized carbons (Fsp3) is 0.500. The summed E-state index contributed by atoms with van der Waals surface area (Å²) in [6.07, 6.45) is 5.57. The van der Waals surface area contributed by atoms with Crippen LogP contribution in [0.2, 0.25) is 0 Å². The van der Waals surface area contributed by atoms with Gasteiger partial charge in [-0.05, 0) is 25.0 Å². The second-order valence-electron chi connectivity index (χ2n) is 8.37. The van der Waals surface area contributed by atoms with Crippen molar-refractivity contribution in [2.24, 2.45) is 5.92 Å². The van der Waals surface area contributed by atoms with Gasteiger partial charge in [0.15, 0.2) is 28.3 Å². The van der Waals surface area contributed by atoms with Crippen LogP contribution >= 0.6 is 11.5 Å². The van der Waals surface area contributed by atoms with E-state index in [0.717, 1.165) is 30.0 Å². The number of nitrogens with one attached hydrogen (secondary N) is 1. The van der Waals surface area contributed by atoms with Gasteiger partial charge in [0.05, 0.1) is 11.5 Å². The molecule has 6 heteroatoms. The average molecular weight is 401 g/mol. The Morgan fingerprint density at radius 1 is 1.29 bits per heavy atom. The monoisotopic (exact) mass is 400 g/mol. The van der Waals surface area contributed by atoms with E-state index in [0.29, 0.717) is 6.54 Å². The summed E-state index contributed by atoms with van der Waals surface area (Å²) in [5.74, 6) is -0.379. The summed E-state index contributed by atoms with van der Waals surface area (Å²) in [6, 6.07) is 9.78. The number of hydrogen-bond donors (Lipinski definition) is 1. The molecule has 1 aromatic heterocycles. The molecule has 1 aliphatic rings. The van der Waals surface area contributed by atoms with Gasteiger partial charge in [0.1, 0.15) is 0 Å². The lowest BCUT2D eigenvalue weighted by molar-refractivity contribution is -0.692. The van der Waals surface area contributed by atoms with E-state index in [1.54, 1.807) is 11.5 Å². The van der Waals surface area contributed by atoms with Crippen LogP contribution in [-0.4, -0.2) is 18.4 Å². The normalized spacial score (nSPS) is 16.9. The van der Waals surface area contributed by atoms with Crippen LogP contribution in [0.5, 0.6) is 0 Å². The molecule has 1 fully saturated rings. The molecule has 1 atom stereocenters. The number of nitrogens with zero attached hydrogens (tertiary/aromatic N) is 2. The molecule has 28 heavy (non-hydrogen) atoms. The van der Waals surface area contributed by atoms with E-state index < -0.39 is 0 Å². The number of aromatic nitrogens is 1. The second-order valence-corrected chi connectivity index (χ2v) is 9.33. The minimum absolute atomic E-state index is 0.00907. The number of amides is 2. The molecule has 2 amide bonds. The molecule has 2 heterocycles. The molecule has 1 aromatic carbocycles. The van der Waals surface area contributed by atoms with Crippen LogP contribution in [0.3, 0.4) is 0 Å². The van der Waals surface area contributed by atoms with Crippen LogP contribution in [0.25, 0.3) is 0 Å². The summed E-state index contributed by atoms with van der Waals surface area (Å²) in [5, 5.41) is 3.77. The Kier molecular flexibility index (Phi) is 6.18. The molecule has 0 aliphatic carbocycles. The van der Waals surface area contributed by atoms with Gasteiger partial charge in [0.25, 0.3) is 0 Å². The van der Waals surface area contributed by atoms with Gasteiger partial charge < -0.3 is 5.32 Å². The summed E-state index contributed by atoms with van der Waals surface area (Å²) in [4.78, 5) is 27.1. The van der Waals surface area contributed by atoms with E-state index in [2.05, 4.69) is 43.2 Å². The van der Waals surface area contributed by atoms with E-state index in [4.69, 9.17) is 0 Å². The number of anilines is 2. The van der Waals surface area contributed by atoms with E-state index in [1.165, 1.54) is 5.56 Å². The molecule has 0 radical (unpaired) electrons. The maximum atomic E-state index is 13.5. The predicted molar refractivity (Wildman–Crippen MR) is 113 cm³/mol. The standard InChI is InChI=1S/C22H29N3O2S/c1-5-6-10-16-15-24(22(2,3)4)28-21(16)25(18-11-8-7-9-12-18)20(27)17-13-19(26)23-14-17/h7-9,11-12,15,17H,5-6,10,13-14H2,1-4H3/p+1. The quantitative estimate of drug-likeness (QED) is 0.747. The van der Waals surface area contributed by atoms with E-state index in [9.17, 15) is 9.59 Å². The summed E-state index contributed by atoms with van der Waals surface area (Å²) in [7, 11) is 0. The Hall–Kier alpha value is -2.21. The van der Waals surface area contributed by atoms with Crippen LogP contribution in [0.4, 0.5) is 10.7 Å². The maximum Gasteiger partial charge on any atom is 0.237 e. The Labute approximate surface area is 171 Å². The van der Waals surface area contributed by atoms with Crippen molar-refractivity contribution >= 4 is 34.0 Å². The smallest absolute Gasteiger partial charge is 0.237 e. The Bertz CT molecular complexity index is 839. The van der Waals surface area contributed by atoms with Crippen LogP contribution < -0.4 is 14.2 Å². The number of benzene rings is 1. The number of para-hydroxylation sites is 1. The average Bonchev–Trinajstić information content (AvgIpc) is 3.27. The van der Waals surface area contributed by atoms with Crippen molar-refractivity contribution in [1.82, 2.24) is 5.32 Å². The molecule has 0 bridgehead atoms. The molecule has 0 spiro atoms. The number of aryl methyl sites for hydroxylation is 1. The molecule has 5 nitrogen and oxygen atoms in total. The first-order chi connectivity index (χ1) is 13.3. The third-order valence-corrected chi connectivity index (χ3v) is 6.43. The van der Waals surface area contributed by atoms with Gasteiger partial charge in [0.2, 0.25) is 11.8 Å². The molecule has 0 saturated carbocycles. The minimum atomic E-state index is -0.322. The van der Waals surface area contributed by atoms with E-state index in [1.807, 2.05) is 35.2 Å². The van der Waals surface area contributed by atoms with Crippen molar-refractivity contribution in [3.05, 3.63) is 42.1 Å². The Morgan fingerprint density at radius 2 is 2.00 bits per heavy atom. The number of carbonyl (C=O) groups is 2. The highest BCUT2D eigenvalue weighted by Gasteiger charge is 2.37. The first-order valence-electron chi connectivity index (χ1n) is 10.0. The lowest BCUT2D eigenvalue weighted by Crippen LogP contribution is -2.46. The second kappa shape index (κ2) is 8.43. The number of rotatable bonds is 6. The van der Waals surface area contributed by atoms with Crippen molar-refractivity contribution in [3.8, 4) is 0 Å². The summed E-state index contributed by atoms with van der Waals surface area (Å²) < 4.78 is 2.23.